The van der Waals surface area contributed by atoms with Crippen molar-refractivity contribution in [2.45, 2.75) is 19.4 Å². The molecular weight excluding hydrogens is 162 g/mol. The topological polar surface area (TPSA) is 64.4 Å². The number of rotatable bonds is 3. The van der Waals surface area contributed by atoms with E-state index < -0.39 is 0 Å². The summed E-state index contributed by atoms with van der Waals surface area (Å²) < 4.78 is 0. The molecule has 0 aliphatic heterocycles. The average Bonchev–Trinajstić information content (AvgIpc) is 2.15. The van der Waals surface area contributed by atoms with E-state index in [2.05, 4.69) is 11.9 Å². The number of guanidine groups is 1. The smallest absolute Gasteiger partial charge is 0.186 e. The van der Waals surface area contributed by atoms with Crippen LogP contribution in [0.3, 0.4) is 0 Å². The van der Waals surface area contributed by atoms with Gasteiger partial charge in [-0.05, 0) is 12.0 Å². The van der Waals surface area contributed by atoms with Crippen LogP contribution >= 0.6 is 0 Å². The van der Waals surface area contributed by atoms with Crippen LogP contribution in [-0.2, 0) is 0 Å². The van der Waals surface area contributed by atoms with Crippen molar-refractivity contribution in [1.82, 2.24) is 0 Å². The second kappa shape index (κ2) is 4.50. The summed E-state index contributed by atoms with van der Waals surface area (Å²) in [6.45, 7) is 2.06. The van der Waals surface area contributed by atoms with Gasteiger partial charge in [0.15, 0.2) is 5.96 Å². The lowest BCUT2D eigenvalue weighted by Crippen LogP contribution is -2.23. The molecule has 0 bridgehead atoms. The third kappa shape index (κ3) is 2.78. The van der Waals surface area contributed by atoms with Gasteiger partial charge in [0.25, 0.3) is 0 Å². The Morgan fingerprint density at radius 1 is 1.31 bits per heavy atom. The highest BCUT2D eigenvalue weighted by atomic mass is 15.0. The predicted molar refractivity (Wildman–Crippen MR) is 55.3 cm³/mol. The third-order valence-corrected chi connectivity index (χ3v) is 1.88. The van der Waals surface area contributed by atoms with Crippen molar-refractivity contribution in [2.75, 3.05) is 0 Å². The molecule has 0 saturated heterocycles. The Labute approximate surface area is 78.5 Å². The van der Waals surface area contributed by atoms with Crippen molar-refractivity contribution in [1.29, 1.82) is 0 Å². The van der Waals surface area contributed by atoms with Crippen LogP contribution in [0.15, 0.2) is 35.3 Å². The van der Waals surface area contributed by atoms with Crippen LogP contribution in [0.4, 0.5) is 0 Å². The highest BCUT2D eigenvalue weighted by molar-refractivity contribution is 5.76. The molecule has 70 valence electrons. The van der Waals surface area contributed by atoms with Gasteiger partial charge in [0, 0.05) is 0 Å². The number of hydrogen-bond donors (Lipinski definition) is 2. The molecule has 1 rings (SSSR count). The van der Waals surface area contributed by atoms with E-state index in [1.54, 1.807) is 0 Å². The summed E-state index contributed by atoms with van der Waals surface area (Å²) in [4.78, 5) is 4.14. The number of nitrogens with two attached hydrogens (primary N) is 2. The molecule has 0 aliphatic carbocycles. The molecule has 1 atom stereocenters. The monoisotopic (exact) mass is 177 g/mol. The Hall–Kier alpha value is -1.51. The van der Waals surface area contributed by atoms with Gasteiger partial charge in [0.2, 0.25) is 0 Å². The van der Waals surface area contributed by atoms with Gasteiger partial charge in [-0.3, -0.25) is 0 Å². The fourth-order valence-corrected chi connectivity index (χ4v) is 1.26. The molecule has 0 heterocycles. The molecule has 0 spiro atoms. The zero-order valence-electron chi connectivity index (χ0n) is 7.77. The molecule has 3 nitrogen and oxygen atoms in total. The molecular formula is C10H15N3. The summed E-state index contributed by atoms with van der Waals surface area (Å²) in [7, 11) is 0. The molecule has 3 heteroatoms. The molecule has 13 heavy (non-hydrogen) atoms. The van der Waals surface area contributed by atoms with Crippen molar-refractivity contribution < 1.29 is 0 Å². The molecule has 0 radical (unpaired) electrons. The molecule has 1 aromatic carbocycles. The van der Waals surface area contributed by atoms with E-state index in [-0.39, 0.29) is 12.0 Å². The molecule has 0 fully saturated rings. The Bertz CT molecular complexity index is 275. The number of nitrogens with zero attached hydrogens (tertiary/aromatic N) is 1. The summed E-state index contributed by atoms with van der Waals surface area (Å²) in [6, 6.07) is 10.1. The predicted octanol–water partition coefficient (Wildman–Crippen LogP) is 1.41. The van der Waals surface area contributed by atoms with Crippen LogP contribution in [0.1, 0.15) is 24.9 Å². The molecule has 0 saturated carbocycles. The summed E-state index contributed by atoms with van der Waals surface area (Å²) in [6.07, 6.45) is 0.905. The van der Waals surface area contributed by atoms with Crippen molar-refractivity contribution in [3.63, 3.8) is 0 Å². The van der Waals surface area contributed by atoms with Gasteiger partial charge in [-0.1, -0.05) is 37.3 Å². The van der Waals surface area contributed by atoms with Crippen molar-refractivity contribution >= 4 is 5.96 Å². The fraction of sp³-hybridized carbons (Fsp3) is 0.300. The quantitative estimate of drug-likeness (QED) is 0.541. The number of hydrogen-bond acceptors (Lipinski definition) is 1. The lowest BCUT2D eigenvalue weighted by molar-refractivity contribution is 0.699. The van der Waals surface area contributed by atoms with E-state index in [1.165, 1.54) is 0 Å². The summed E-state index contributed by atoms with van der Waals surface area (Å²) in [5, 5.41) is 0. The highest BCUT2D eigenvalue weighted by Gasteiger charge is 2.05. The van der Waals surface area contributed by atoms with E-state index in [0.717, 1.165) is 12.0 Å². The Balaban J connectivity index is 2.85. The second-order valence-corrected chi connectivity index (χ2v) is 2.89. The van der Waals surface area contributed by atoms with Crippen LogP contribution < -0.4 is 11.5 Å². The second-order valence-electron chi connectivity index (χ2n) is 2.89. The average molecular weight is 177 g/mol. The first kappa shape index (κ1) is 9.58. The summed E-state index contributed by atoms with van der Waals surface area (Å²) in [5.74, 6) is 0.149. The maximum Gasteiger partial charge on any atom is 0.186 e. The maximum absolute atomic E-state index is 5.33. The minimum atomic E-state index is 0.0891. The van der Waals surface area contributed by atoms with E-state index in [4.69, 9.17) is 11.5 Å². The molecule has 0 aromatic heterocycles. The number of benzene rings is 1. The van der Waals surface area contributed by atoms with Gasteiger partial charge in [-0.2, -0.15) is 0 Å². The minimum absolute atomic E-state index is 0.0891. The van der Waals surface area contributed by atoms with Gasteiger partial charge < -0.3 is 11.5 Å². The SMILES string of the molecule is CCC(N=C(N)N)c1ccccc1. The van der Waals surface area contributed by atoms with Crippen molar-refractivity contribution in [2.24, 2.45) is 16.5 Å². The van der Waals surface area contributed by atoms with Crippen LogP contribution in [0, 0.1) is 0 Å². The van der Waals surface area contributed by atoms with Crippen LogP contribution in [-0.4, -0.2) is 5.96 Å². The van der Waals surface area contributed by atoms with Crippen LogP contribution in [0.2, 0.25) is 0 Å². The van der Waals surface area contributed by atoms with Crippen LogP contribution in [0.25, 0.3) is 0 Å². The molecule has 1 aromatic rings. The first-order chi connectivity index (χ1) is 6.24. The molecule has 4 N–H and O–H groups in total. The largest absolute Gasteiger partial charge is 0.370 e. The van der Waals surface area contributed by atoms with Crippen LogP contribution in [0.5, 0.6) is 0 Å². The summed E-state index contributed by atoms with van der Waals surface area (Å²) in [5.41, 5.74) is 11.8. The lowest BCUT2D eigenvalue weighted by atomic mass is 10.1. The van der Waals surface area contributed by atoms with E-state index >= 15 is 0 Å². The molecule has 1 unspecified atom stereocenters. The normalized spacial score (nSPS) is 12.1. The molecule has 0 aliphatic rings. The first-order valence-corrected chi connectivity index (χ1v) is 4.37. The fourth-order valence-electron chi connectivity index (χ4n) is 1.26. The highest BCUT2D eigenvalue weighted by Crippen LogP contribution is 2.19. The Morgan fingerprint density at radius 3 is 2.38 bits per heavy atom. The standard InChI is InChI=1S/C10H15N3/c1-2-9(13-10(11)12)8-6-4-3-5-7-8/h3-7,9H,2H2,1H3,(H4,11,12,13). The van der Waals surface area contributed by atoms with E-state index in [1.807, 2.05) is 30.3 Å². The third-order valence-electron chi connectivity index (χ3n) is 1.88. The lowest BCUT2D eigenvalue weighted by Gasteiger charge is -2.09. The maximum atomic E-state index is 5.33. The van der Waals surface area contributed by atoms with E-state index in [0.29, 0.717) is 0 Å². The van der Waals surface area contributed by atoms with E-state index in [9.17, 15) is 0 Å². The van der Waals surface area contributed by atoms with Crippen molar-refractivity contribution in [3.8, 4) is 0 Å². The van der Waals surface area contributed by atoms with Gasteiger partial charge in [0.1, 0.15) is 0 Å². The van der Waals surface area contributed by atoms with Gasteiger partial charge in [-0.15, -0.1) is 0 Å². The minimum Gasteiger partial charge on any atom is -0.370 e. The summed E-state index contributed by atoms with van der Waals surface area (Å²) >= 11 is 0. The Kier molecular flexibility index (Phi) is 3.31. The van der Waals surface area contributed by atoms with Gasteiger partial charge >= 0.3 is 0 Å². The number of aliphatic imine (C=N–C) groups is 1. The zero-order valence-corrected chi connectivity index (χ0v) is 7.77. The van der Waals surface area contributed by atoms with Gasteiger partial charge in [0.05, 0.1) is 6.04 Å². The van der Waals surface area contributed by atoms with Crippen molar-refractivity contribution in [3.05, 3.63) is 35.9 Å². The zero-order chi connectivity index (χ0) is 9.68. The first-order valence-electron chi connectivity index (χ1n) is 4.37. The van der Waals surface area contributed by atoms with Gasteiger partial charge in [-0.25, -0.2) is 4.99 Å². The Morgan fingerprint density at radius 2 is 1.92 bits per heavy atom. The molecule has 0 amide bonds.